The van der Waals surface area contributed by atoms with E-state index < -0.39 is 0 Å². The molecule has 0 saturated carbocycles. The molecule has 2 nitrogen and oxygen atoms in total. The quantitative estimate of drug-likeness (QED) is 0.911. The van der Waals surface area contributed by atoms with E-state index in [0.717, 1.165) is 24.0 Å². The Kier molecular flexibility index (Phi) is 7.16. The molecule has 2 atom stereocenters. The normalized spacial score (nSPS) is 20.9. The molecule has 2 unspecified atom stereocenters. The van der Waals surface area contributed by atoms with Crippen LogP contribution in [0.5, 0.6) is 0 Å². The van der Waals surface area contributed by atoms with Gasteiger partial charge in [-0.2, -0.15) is 0 Å². The molecule has 1 aliphatic rings. The van der Waals surface area contributed by atoms with Crippen molar-refractivity contribution in [1.82, 2.24) is 10.2 Å². The lowest BCUT2D eigenvalue weighted by Crippen LogP contribution is -2.37. The average Bonchev–Trinajstić information content (AvgIpc) is 2.39. The van der Waals surface area contributed by atoms with Crippen molar-refractivity contribution in [1.29, 1.82) is 0 Å². The van der Waals surface area contributed by atoms with Gasteiger partial charge in [0, 0.05) is 17.6 Å². The van der Waals surface area contributed by atoms with Crippen LogP contribution in [-0.4, -0.2) is 31.6 Å². The average molecular weight is 303 g/mol. The van der Waals surface area contributed by atoms with Crippen LogP contribution < -0.4 is 5.32 Å². The molecule has 1 aromatic carbocycles. The third-order valence-electron chi connectivity index (χ3n) is 3.94. The Morgan fingerprint density at radius 1 is 1.47 bits per heavy atom. The van der Waals surface area contributed by atoms with Crippen molar-refractivity contribution >= 4 is 24.0 Å². The van der Waals surface area contributed by atoms with Crippen LogP contribution in [0.3, 0.4) is 0 Å². The summed E-state index contributed by atoms with van der Waals surface area (Å²) in [6, 6.07) is 8.62. The summed E-state index contributed by atoms with van der Waals surface area (Å²) in [6.45, 7) is 5.75. The van der Waals surface area contributed by atoms with Gasteiger partial charge in [0.2, 0.25) is 0 Å². The lowest BCUT2D eigenvalue weighted by molar-refractivity contribution is 0.199. The van der Waals surface area contributed by atoms with Crippen molar-refractivity contribution < 1.29 is 0 Å². The molecule has 0 radical (unpaired) electrons. The molecule has 1 aliphatic heterocycles. The number of rotatable bonds is 4. The number of halogens is 2. The fraction of sp³-hybridized carbons (Fsp3) is 0.600. The van der Waals surface area contributed by atoms with Gasteiger partial charge in [0.25, 0.3) is 0 Å². The van der Waals surface area contributed by atoms with Crippen molar-refractivity contribution in [2.75, 3.05) is 26.7 Å². The second kappa shape index (κ2) is 8.11. The van der Waals surface area contributed by atoms with E-state index >= 15 is 0 Å². The molecule has 4 heteroatoms. The predicted octanol–water partition coefficient (Wildman–Crippen LogP) is 3.75. The van der Waals surface area contributed by atoms with Crippen molar-refractivity contribution in [3.8, 4) is 0 Å². The van der Waals surface area contributed by atoms with Crippen LogP contribution in [0.4, 0.5) is 0 Å². The predicted molar refractivity (Wildman–Crippen MR) is 85.3 cm³/mol. The van der Waals surface area contributed by atoms with Crippen LogP contribution in [0.25, 0.3) is 0 Å². The first kappa shape index (κ1) is 16.8. The van der Waals surface area contributed by atoms with Gasteiger partial charge in [0.15, 0.2) is 0 Å². The first-order valence-electron chi connectivity index (χ1n) is 6.83. The second-order valence-corrected chi connectivity index (χ2v) is 5.82. The number of nitrogens with one attached hydrogen (secondary N) is 1. The lowest BCUT2D eigenvalue weighted by atomic mass is 9.98. The molecule has 19 heavy (non-hydrogen) atoms. The third kappa shape index (κ3) is 4.96. The zero-order valence-corrected chi connectivity index (χ0v) is 13.3. The maximum absolute atomic E-state index is 6.06. The Balaban J connectivity index is 0.00000180. The van der Waals surface area contributed by atoms with E-state index in [1.165, 1.54) is 24.9 Å². The molecule has 1 N–H and O–H groups in total. The van der Waals surface area contributed by atoms with Gasteiger partial charge < -0.3 is 5.32 Å². The van der Waals surface area contributed by atoms with Crippen molar-refractivity contribution in [3.63, 3.8) is 0 Å². The van der Waals surface area contributed by atoms with E-state index in [-0.39, 0.29) is 12.4 Å². The monoisotopic (exact) mass is 302 g/mol. The molecule has 1 aromatic rings. The SMILES string of the molecule is CC(c1cccc(Cl)c1)N(C)CC1CCCNC1.Cl. The Labute approximate surface area is 127 Å². The zero-order valence-electron chi connectivity index (χ0n) is 11.7. The standard InChI is InChI=1S/C15H23ClN2.ClH/c1-12(14-6-3-7-15(16)9-14)18(2)11-13-5-4-8-17-10-13;/h3,6-7,9,12-13,17H,4-5,8,10-11H2,1-2H3;1H. The molecule has 1 fully saturated rings. The molecular weight excluding hydrogens is 279 g/mol. The molecule has 0 amide bonds. The van der Waals surface area contributed by atoms with Crippen LogP contribution in [0.1, 0.15) is 31.4 Å². The summed E-state index contributed by atoms with van der Waals surface area (Å²) in [5, 5.41) is 4.31. The van der Waals surface area contributed by atoms with E-state index in [0.29, 0.717) is 6.04 Å². The van der Waals surface area contributed by atoms with E-state index in [9.17, 15) is 0 Å². The van der Waals surface area contributed by atoms with Crippen LogP contribution >= 0.6 is 24.0 Å². The molecule has 108 valence electrons. The molecule has 1 heterocycles. The van der Waals surface area contributed by atoms with Crippen molar-refractivity contribution in [3.05, 3.63) is 34.9 Å². The first-order chi connectivity index (χ1) is 8.66. The number of benzene rings is 1. The van der Waals surface area contributed by atoms with Crippen LogP contribution in [0.15, 0.2) is 24.3 Å². The smallest absolute Gasteiger partial charge is 0.0409 e. The molecule has 0 aliphatic carbocycles. The maximum atomic E-state index is 6.06. The molecule has 0 spiro atoms. The lowest BCUT2D eigenvalue weighted by Gasteiger charge is -2.31. The maximum Gasteiger partial charge on any atom is 0.0409 e. The van der Waals surface area contributed by atoms with Crippen molar-refractivity contribution in [2.45, 2.75) is 25.8 Å². The van der Waals surface area contributed by atoms with Gasteiger partial charge in [-0.05, 0) is 63.5 Å². The highest BCUT2D eigenvalue weighted by molar-refractivity contribution is 6.30. The summed E-state index contributed by atoms with van der Waals surface area (Å²) in [5.74, 6) is 0.783. The Morgan fingerprint density at radius 2 is 2.26 bits per heavy atom. The Morgan fingerprint density at radius 3 is 2.89 bits per heavy atom. The molecule has 0 aromatic heterocycles. The number of nitrogens with zero attached hydrogens (tertiary/aromatic N) is 1. The summed E-state index contributed by atoms with van der Waals surface area (Å²) in [6.07, 6.45) is 2.66. The van der Waals surface area contributed by atoms with Gasteiger partial charge in [-0.25, -0.2) is 0 Å². The number of piperidine rings is 1. The van der Waals surface area contributed by atoms with E-state index in [2.05, 4.69) is 36.3 Å². The molecular formula is C15H24Cl2N2. The summed E-state index contributed by atoms with van der Waals surface area (Å²) in [4.78, 5) is 2.43. The zero-order chi connectivity index (χ0) is 13.0. The van der Waals surface area contributed by atoms with Gasteiger partial charge in [0.1, 0.15) is 0 Å². The fourth-order valence-electron chi connectivity index (χ4n) is 2.67. The topological polar surface area (TPSA) is 15.3 Å². The highest BCUT2D eigenvalue weighted by Crippen LogP contribution is 2.23. The minimum absolute atomic E-state index is 0. The minimum Gasteiger partial charge on any atom is -0.316 e. The van der Waals surface area contributed by atoms with Gasteiger partial charge in [0.05, 0.1) is 0 Å². The van der Waals surface area contributed by atoms with Gasteiger partial charge in [-0.15, -0.1) is 12.4 Å². The van der Waals surface area contributed by atoms with E-state index in [1.54, 1.807) is 0 Å². The second-order valence-electron chi connectivity index (χ2n) is 5.38. The Bertz CT molecular complexity index is 378. The number of hydrogen-bond donors (Lipinski definition) is 1. The summed E-state index contributed by atoms with van der Waals surface area (Å²) in [5.41, 5.74) is 1.30. The minimum atomic E-state index is 0. The van der Waals surface area contributed by atoms with Crippen molar-refractivity contribution in [2.24, 2.45) is 5.92 Å². The van der Waals surface area contributed by atoms with Gasteiger partial charge in [-0.1, -0.05) is 23.7 Å². The van der Waals surface area contributed by atoms with Crippen LogP contribution in [0, 0.1) is 5.92 Å². The number of hydrogen-bond acceptors (Lipinski definition) is 2. The highest BCUT2D eigenvalue weighted by Gasteiger charge is 2.18. The summed E-state index contributed by atoms with van der Waals surface area (Å²) < 4.78 is 0. The Hall–Kier alpha value is -0.280. The fourth-order valence-corrected chi connectivity index (χ4v) is 2.86. The van der Waals surface area contributed by atoms with Gasteiger partial charge in [-0.3, -0.25) is 4.90 Å². The van der Waals surface area contributed by atoms with E-state index in [1.807, 2.05) is 12.1 Å². The first-order valence-corrected chi connectivity index (χ1v) is 7.21. The summed E-state index contributed by atoms with van der Waals surface area (Å²) in [7, 11) is 2.21. The van der Waals surface area contributed by atoms with Crippen LogP contribution in [-0.2, 0) is 0 Å². The molecule has 1 saturated heterocycles. The van der Waals surface area contributed by atoms with Crippen LogP contribution in [0.2, 0.25) is 5.02 Å². The molecule has 0 bridgehead atoms. The van der Waals surface area contributed by atoms with Gasteiger partial charge >= 0.3 is 0 Å². The third-order valence-corrected chi connectivity index (χ3v) is 4.17. The molecule has 2 rings (SSSR count). The highest BCUT2D eigenvalue weighted by atomic mass is 35.5. The van der Waals surface area contributed by atoms with E-state index in [4.69, 9.17) is 11.6 Å². The largest absolute Gasteiger partial charge is 0.316 e. The summed E-state index contributed by atoms with van der Waals surface area (Å²) >= 11 is 6.06.